The highest BCUT2D eigenvalue weighted by Gasteiger charge is 2.22. The number of ether oxygens (including phenoxy) is 1. The maximum Gasteiger partial charge on any atom is 0.358 e. The van der Waals surface area contributed by atoms with Gasteiger partial charge in [-0.25, -0.2) is 9.78 Å². The molecule has 19 heavy (non-hydrogen) atoms. The number of aromatic nitrogens is 1. The Balaban J connectivity index is 2.86. The number of ketones is 1. The number of esters is 1. The molecule has 1 atom stereocenters. The van der Waals surface area contributed by atoms with Gasteiger partial charge in [0.2, 0.25) is 0 Å². The van der Waals surface area contributed by atoms with E-state index in [0.29, 0.717) is 10.0 Å². The van der Waals surface area contributed by atoms with E-state index < -0.39 is 5.97 Å². The summed E-state index contributed by atoms with van der Waals surface area (Å²) in [6, 6.07) is 0.261. The number of nitrogens with zero attached hydrogens (tertiary/aromatic N) is 1. The Labute approximate surface area is 117 Å². The van der Waals surface area contributed by atoms with Crippen molar-refractivity contribution < 1.29 is 14.3 Å². The van der Waals surface area contributed by atoms with Gasteiger partial charge >= 0.3 is 5.97 Å². The van der Waals surface area contributed by atoms with E-state index in [0.717, 1.165) is 19.3 Å². The Morgan fingerprint density at radius 2 is 2.16 bits per heavy atom. The number of methoxy groups -OCH3 is 1. The lowest BCUT2D eigenvalue weighted by Gasteiger charge is -2.11. The van der Waals surface area contributed by atoms with Crippen molar-refractivity contribution in [3.8, 4) is 0 Å². The second kappa shape index (κ2) is 7.23. The lowest BCUT2D eigenvalue weighted by Crippen LogP contribution is -2.14. The van der Waals surface area contributed by atoms with Crippen molar-refractivity contribution in [1.29, 1.82) is 0 Å². The first-order valence-corrected chi connectivity index (χ1v) is 7.17. The molecule has 0 aliphatic rings. The third kappa shape index (κ3) is 4.31. The molecule has 6 heteroatoms. The molecule has 5 nitrogen and oxygen atoms in total. The molecule has 1 N–H and O–H groups in total. The van der Waals surface area contributed by atoms with Crippen LogP contribution in [0, 0.1) is 0 Å². The average molecular weight is 284 g/mol. The minimum Gasteiger partial charge on any atom is -0.464 e. The van der Waals surface area contributed by atoms with Gasteiger partial charge in [0.15, 0.2) is 16.6 Å². The molecule has 1 aromatic heterocycles. The minimum absolute atomic E-state index is 0.102. The molecule has 106 valence electrons. The highest BCUT2D eigenvalue weighted by molar-refractivity contribution is 7.17. The lowest BCUT2D eigenvalue weighted by molar-refractivity contribution is 0.0591. The Morgan fingerprint density at radius 3 is 2.68 bits per heavy atom. The third-order valence-electron chi connectivity index (χ3n) is 2.69. The first-order chi connectivity index (χ1) is 8.99. The molecule has 0 radical (unpaired) electrons. The van der Waals surface area contributed by atoms with Gasteiger partial charge in [-0.2, -0.15) is 0 Å². The van der Waals surface area contributed by atoms with E-state index in [1.54, 1.807) is 0 Å². The molecule has 0 aliphatic heterocycles. The summed E-state index contributed by atoms with van der Waals surface area (Å²) in [5, 5.41) is 3.81. The fourth-order valence-corrected chi connectivity index (χ4v) is 2.61. The second-order valence-corrected chi connectivity index (χ2v) is 5.43. The summed E-state index contributed by atoms with van der Waals surface area (Å²) in [7, 11) is 1.28. The highest BCUT2D eigenvalue weighted by atomic mass is 32.1. The van der Waals surface area contributed by atoms with Gasteiger partial charge in [0.1, 0.15) is 4.88 Å². The molecule has 0 bridgehead atoms. The van der Waals surface area contributed by atoms with Crippen LogP contribution in [0.15, 0.2) is 0 Å². The molecular formula is C13H20N2O3S. The molecular weight excluding hydrogens is 264 g/mol. The quantitative estimate of drug-likeness (QED) is 0.615. The van der Waals surface area contributed by atoms with Crippen LogP contribution >= 0.6 is 11.3 Å². The molecule has 1 rings (SSSR count). The summed E-state index contributed by atoms with van der Waals surface area (Å²) < 4.78 is 4.64. The Hall–Kier alpha value is -1.43. The largest absolute Gasteiger partial charge is 0.464 e. The molecule has 0 spiro atoms. The number of hydrogen-bond donors (Lipinski definition) is 1. The standard InChI is InChI=1S/C13H20N2O3S/c1-5-6-7-8(2)14-13-15-10(12(17)18-4)11(19-13)9(3)16/h8H,5-7H2,1-4H3,(H,14,15). The number of nitrogens with one attached hydrogen (secondary N) is 1. The topological polar surface area (TPSA) is 68.3 Å². The van der Waals surface area contributed by atoms with Crippen molar-refractivity contribution in [2.24, 2.45) is 0 Å². The summed E-state index contributed by atoms with van der Waals surface area (Å²) in [5.74, 6) is -0.747. The fraction of sp³-hybridized carbons (Fsp3) is 0.615. The van der Waals surface area contributed by atoms with Gasteiger partial charge < -0.3 is 10.1 Å². The van der Waals surface area contributed by atoms with Crippen LogP contribution in [0.25, 0.3) is 0 Å². The van der Waals surface area contributed by atoms with E-state index in [1.165, 1.54) is 25.4 Å². The molecule has 0 amide bonds. The van der Waals surface area contributed by atoms with Gasteiger partial charge in [-0.15, -0.1) is 0 Å². The molecule has 0 saturated carbocycles. The predicted octanol–water partition coefficient (Wildman–Crippen LogP) is 3.12. The Morgan fingerprint density at radius 1 is 1.47 bits per heavy atom. The van der Waals surface area contributed by atoms with Crippen molar-refractivity contribution >= 4 is 28.2 Å². The van der Waals surface area contributed by atoms with E-state index in [1.807, 2.05) is 0 Å². The van der Waals surface area contributed by atoms with Crippen LogP contribution in [0.1, 0.15) is 60.2 Å². The molecule has 1 unspecified atom stereocenters. The second-order valence-electron chi connectivity index (χ2n) is 4.43. The van der Waals surface area contributed by atoms with Crippen molar-refractivity contribution in [1.82, 2.24) is 4.98 Å². The summed E-state index contributed by atoms with van der Waals surface area (Å²) >= 11 is 1.20. The minimum atomic E-state index is -0.573. The first kappa shape index (κ1) is 15.6. The summed E-state index contributed by atoms with van der Waals surface area (Å²) in [5.41, 5.74) is 0.102. The third-order valence-corrected chi connectivity index (χ3v) is 3.77. The van der Waals surface area contributed by atoms with E-state index in [9.17, 15) is 9.59 Å². The maximum atomic E-state index is 11.6. The van der Waals surface area contributed by atoms with Crippen LogP contribution in [0.3, 0.4) is 0 Å². The number of Topliss-reactive ketones (excluding diaryl/α,β-unsaturated/α-hetero) is 1. The van der Waals surface area contributed by atoms with E-state index in [2.05, 4.69) is 28.9 Å². The molecule has 1 aromatic rings. The number of thiazole rings is 1. The number of carbonyl (C=O) groups is 2. The zero-order valence-corrected chi connectivity index (χ0v) is 12.6. The molecule has 0 aliphatic carbocycles. The van der Waals surface area contributed by atoms with Gasteiger partial charge in [0, 0.05) is 13.0 Å². The van der Waals surface area contributed by atoms with Crippen LogP contribution in [-0.2, 0) is 4.74 Å². The van der Waals surface area contributed by atoms with Gasteiger partial charge in [0.25, 0.3) is 0 Å². The van der Waals surface area contributed by atoms with Crippen LogP contribution in [0.5, 0.6) is 0 Å². The van der Waals surface area contributed by atoms with E-state index >= 15 is 0 Å². The van der Waals surface area contributed by atoms with Gasteiger partial charge in [-0.3, -0.25) is 4.79 Å². The Kier molecular flexibility index (Phi) is 5.95. The molecule has 1 heterocycles. The van der Waals surface area contributed by atoms with Crippen molar-refractivity contribution in [2.45, 2.75) is 46.1 Å². The number of unbranched alkanes of at least 4 members (excludes halogenated alkanes) is 1. The highest BCUT2D eigenvalue weighted by Crippen LogP contribution is 2.25. The SMILES string of the molecule is CCCCC(C)Nc1nc(C(=O)OC)c(C(C)=O)s1. The molecule has 0 saturated heterocycles. The van der Waals surface area contributed by atoms with Gasteiger partial charge in [0.05, 0.1) is 7.11 Å². The number of anilines is 1. The summed E-state index contributed by atoms with van der Waals surface area (Å²) in [4.78, 5) is 27.6. The monoisotopic (exact) mass is 284 g/mol. The lowest BCUT2D eigenvalue weighted by atomic mass is 10.1. The van der Waals surface area contributed by atoms with Crippen LogP contribution in [0.2, 0.25) is 0 Å². The zero-order chi connectivity index (χ0) is 14.4. The smallest absolute Gasteiger partial charge is 0.358 e. The predicted molar refractivity (Wildman–Crippen MR) is 76.1 cm³/mol. The molecule has 0 aromatic carbocycles. The van der Waals surface area contributed by atoms with Crippen molar-refractivity contribution in [3.63, 3.8) is 0 Å². The summed E-state index contributed by atoms with van der Waals surface area (Å²) in [6.45, 7) is 5.62. The van der Waals surface area contributed by atoms with E-state index in [-0.39, 0.29) is 17.5 Å². The fourth-order valence-electron chi connectivity index (χ4n) is 1.65. The maximum absolute atomic E-state index is 11.6. The Bertz CT molecular complexity index is 457. The summed E-state index contributed by atoms with van der Waals surface area (Å²) in [6.07, 6.45) is 3.29. The number of hydrogen-bond acceptors (Lipinski definition) is 6. The van der Waals surface area contributed by atoms with E-state index in [4.69, 9.17) is 0 Å². The average Bonchev–Trinajstić information content (AvgIpc) is 2.79. The van der Waals surface area contributed by atoms with Crippen LogP contribution in [0.4, 0.5) is 5.13 Å². The zero-order valence-electron chi connectivity index (χ0n) is 11.8. The normalized spacial score (nSPS) is 12.0. The van der Waals surface area contributed by atoms with Crippen LogP contribution in [-0.4, -0.2) is 29.9 Å². The van der Waals surface area contributed by atoms with Crippen LogP contribution < -0.4 is 5.32 Å². The van der Waals surface area contributed by atoms with Gasteiger partial charge in [-0.1, -0.05) is 31.1 Å². The molecule has 0 fully saturated rings. The van der Waals surface area contributed by atoms with Gasteiger partial charge in [-0.05, 0) is 13.3 Å². The van der Waals surface area contributed by atoms with Crippen molar-refractivity contribution in [3.05, 3.63) is 10.6 Å². The number of rotatable bonds is 7. The van der Waals surface area contributed by atoms with Crippen molar-refractivity contribution in [2.75, 3.05) is 12.4 Å². The number of carbonyl (C=O) groups excluding carboxylic acids is 2. The first-order valence-electron chi connectivity index (χ1n) is 6.36.